The van der Waals surface area contributed by atoms with Crippen LogP contribution in [0.3, 0.4) is 0 Å². The minimum Gasteiger partial charge on any atom is -0.486 e. The van der Waals surface area contributed by atoms with E-state index in [-0.39, 0.29) is 12.0 Å². The summed E-state index contributed by atoms with van der Waals surface area (Å²) in [5.41, 5.74) is 5.54. The highest BCUT2D eigenvalue weighted by atomic mass is 16.6. The maximum Gasteiger partial charge on any atom is 0.242 e. The summed E-state index contributed by atoms with van der Waals surface area (Å²) < 4.78 is 11.6. The molecule has 114 valence electrons. The molecule has 0 spiro atoms. The number of carbonyl (C=O) groups excluding carboxylic acids is 1. The first-order valence-electron chi connectivity index (χ1n) is 7.51. The van der Waals surface area contributed by atoms with Crippen molar-refractivity contribution in [2.75, 3.05) is 20.2 Å². The number of rotatable bonds is 3. The van der Waals surface area contributed by atoms with E-state index in [1.165, 1.54) is 0 Å². The van der Waals surface area contributed by atoms with E-state index >= 15 is 0 Å². The minimum atomic E-state index is -0.678. The quantitative estimate of drug-likeness (QED) is 0.917. The van der Waals surface area contributed by atoms with Crippen LogP contribution in [0.15, 0.2) is 24.3 Å². The van der Waals surface area contributed by atoms with E-state index in [1.54, 1.807) is 11.9 Å². The lowest BCUT2D eigenvalue weighted by Crippen LogP contribution is -2.54. The normalized spacial score (nSPS) is 22.9. The number of fused-ring (bicyclic) bond motifs is 1. The van der Waals surface area contributed by atoms with E-state index in [4.69, 9.17) is 15.2 Å². The fourth-order valence-electron chi connectivity index (χ4n) is 3.14. The van der Waals surface area contributed by atoms with Gasteiger partial charge in [-0.25, -0.2) is 0 Å². The van der Waals surface area contributed by atoms with Gasteiger partial charge in [-0.15, -0.1) is 0 Å². The van der Waals surface area contributed by atoms with Gasteiger partial charge in [0.15, 0.2) is 17.6 Å². The Labute approximate surface area is 125 Å². The van der Waals surface area contributed by atoms with Crippen LogP contribution in [0, 0.1) is 0 Å². The third kappa shape index (κ3) is 2.83. The largest absolute Gasteiger partial charge is 0.486 e. The molecule has 1 fully saturated rings. The third-order valence-corrected chi connectivity index (χ3v) is 4.31. The van der Waals surface area contributed by atoms with E-state index in [1.807, 2.05) is 24.3 Å². The second-order valence-corrected chi connectivity index (χ2v) is 6.05. The van der Waals surface area contributed by atoms with E-state index in [9.17, 15) is 4.79 Å². The van der Waals surface area contributed by atoms with Gasteiger partial charge in [0.2, 0.25) is 5.91 Å². The lowest BCUT2D eigenvalue weighted by Gasteiger charge is -2.33. The van der Waals surface area contributed by atoms with Crippen molar-refractivity contribution in [3.63, 3.8) is 0 Å². The molecule has 2 aliphatic rings. The monoisotopic (exact) mass is 290 g/mol. The Bertz CT molecular complexity index is 526. The van der Waals surface area contributed by atoms with Crippen molar-refractivity contribution in [2.24, 2.45) is 5.73 Å². The number of hydrogen-bond acceptors (Lipinski definition) is 4. The molecule has 21 heavy (non-hydrogen) atoms. The average Bonchev–Trinajstić information content (AvgIpc) is 2.94. The predicted octanol–water partition coefficient (Wildman–Crippen LogP) is 1.56. The number of benzene rings is 1. The second-order valence-electron chi connectivity index (χ2n) is 6.05. The standard InChI is InChI=1S/C16H22N2O3/c1-18(15(19)16(17)8-4-5-9-16)10-12-11-20-13-6-2-3-7-14(13)21-12/h2-3,6-7,12H,4-5,8-11,17H2,1H3. The minimum absolute atomic E-state index is 0.0162. The number of nitrogens with zero attached hydrogens (tertiary/aromatic N) is 1. The van der Waals surface area contributed by atoms with Gasteiger partial charge < -0.3 is 20.1 Å². The lowest BCUT2D eigenvalue weighted by molar-refractivity contribution is -0.136. The zero-order valence-electron chi connectivity index (χ0n) is 12.4. The molecular formula is C16H22N2O3. The molecule has 1 aliphatic carbocycles. The van der Waals surface area contributed by atoms with Crippen LogP contribution in [-0.2, 0) is 4.79 Å². The Hall–Kier alpha value is -1.75. The molecule has 2 N–H and O–H groups in total. The number of para-hydroxylation sites is 2. The molecule has 1 aromatic carbocycles. The zero-order chi connectivity index (χ0) is 14.9. The number of ether oxygens (including phenoxy) is 2. The Kier molecular flexibility index (Phi) is 3.76. The van der Waals surface area contributed by atoms with Crippen molar-refractivity contribution in [1.29, 1.82) is 0 Å². The SMILES string of the molecule is CN(CC1COc2ccccc2O1)C(=O)C1(N)CCCC1. The van der Waals surface area contributed by atoms with Crippen molar-refractivity contribution in [3.8, 4) is 11.5 Å². The summed E-state index contributed by atoms with van der Waals surface area (Å²) >= 11 is 0. The van der Waals surface area contributed by atoms with Crippen molar-refractivity contribution >= 4 is 5.91 Å². The molecule has 1 saturated carbocycles. The van der Waals surface area contributed by atoms with Gasteiger partial charge in [-0.3, -0.25) is 4.79 Å². The second kappa shape index (κ2) is 5.56. The predicted molar refractivity (Wildman–Crippen MR) is 79.4 cm³/mol. The van der Waals surface area contributed by atoms with Crippen LogP contribution >= 0.6 is 0 Å². The highest BCUT2D eigenvalue weighted by molar-refractivity contribution is 5.86. The van der Waals surface area contributed by atoms with Crippen LogP contribution in [0.2, 0.25) is 0 Å². The van der Waals surface area contributed by atoms with Crippen molar-refractivity contribution in [2.45, 2.75) is 37.3 Å². The summed E-state index contributed by atoms with van der Waals surface area (Å²) in [4.78, 5) is 14.2. The summed E-state index contributed by atoms with van der Waals surface area (Å²) in [5, 5.41) is 0. The van der Waals surface area contributed by atoms with E-state index in [2.05, 4.69) is 0 Å². The molecule has 3 rings (SSSR count). The highest BCUT2D eigenvalue weighted by Gasteiger charge is 2.39. The molecule has 0 bridgehead atoms. The molecule has 1 aromatic rings. The summed E-state index contributed by atoms with van der Waals surface area (Å²) in [6.07, 6.45) is 3.47. The van der Waals surface area contributed by atoms with Crippen LogP contribution in [-0.4, -0.2) is 42.6 Å². The molecule has 5 nitrogen and oxygen atoms in total. The van der Waals surface area contributed by atoms with Crippen LogP contribution in [0.25, 0.3) is 0 Å². The Morgan fingerprint density at radius 1 is 1.33 bits per heavy atom. The molecule has 1 amide bonds. The Balaban J connectivity index is 1.61. The molecule has 1 heterocycles. The zero-order valence-corrected chi connectivity index (χ0v) is 12.4. The first-order valence-corrected chi connectivity index (χ1v) is 7.51. The first kappa shape index (κ1) is 14.2. The van der Waals surface area contributed by atoms with Crippen LogP contribution in [0.1, 0.15) is 25.7 Å². The molecular weight excluding hydrogens is 268 g/mol. The molecule has 0 radical (unpaired) electrons. The number of likely N-dealkylation sites (N-methyl/N-ethyl adjacent to an activating group) is 1. The van der Waals surface area contributed by atoms with Gasteiger partial charge in [0.05, 0.1) is 12.1 Å². The Morgan fingerprint density at radius 3 is 2.71 bits per heavy atom. The molecule has 1 atom stereocenters. The summed E-state index contributed by atoms with van der Waals surface area (Å²) in [6.45, 7) is 0.943. The van der Waals surface area contributed by atoms with E-state index in [0.717, 1.165) is 37.2 Å². The van der Waals surface area contributed by atoms with Crippen molar-refractivity contribution < 1.29 is 14.3 Å². The van der Waals surface area contributed by atoms with Crippen LogP contribution < -0.4 is 15.2 Å². The van der Waals surface area contributed by atoms with E-state index in [0.29, 0.717) is 13.2 Å². The number of amides is 1. The third-order valence-electron chi connectivity index (χ3n) is 4.31. The highest BCUT2D eigenvalue weighted by Crippen LogP contribution is 2.32. The van der Waals surface area contributed by atoms with Gasteiger partial charge in [0, 0.05) is 7.05 Å². The summed E-state index contributed by atoms with van der Waals surface area (Å²) in [6, 6.07) is 7.59. The van der Waals surface area contributed by atoms with E-state index < -0.39 is 5.54 Å². The smallest absolute Gasteiger partial charge is 0.242 e. The van der Waals surface area contributed by atoms with Crippen molar-refractivity contribution in [1.82, 2.24) is 4.90 Å². The number of hydrogen-bond donors (Lipinski definition) is 1. The molecule has 1 aliphatic heterocycles. The number of nitrogens with two attached hydrogens (primary N) is 1. The van der Waals surface area contributed by atoms with Gasteiger partial charge in [0.1, 0.15) is 6.61 Å². The van der Waals surface area contributed by atoms with Gasteiger partial charge >= 0.3 is 0 Å². The van der Waals surface area contributed by atoms with Gasteiger partial charge in [-0.1, -0.05) is 25.0 Å². The number of carbonyl (C=O) groups is 1. The van der Waals surface area contributed by atoms with Crippen molar-refractivity contribution in [3.05, 3.63) is 24.3 Å². The van der Waals surface area contributed by atoms with Gasteiger partial charge in [-0.05, 0) is 25.0 Å². The van der Waals surface area contributed by atoms with Crippen LogP contribution in [0.5, 0.6) is 11.5 Å². The molecule has 5 heteroatoms. The van der Waals surface area contributed by atoms with Gasteiger partial charge in [0.25, 0.3) is 0 Å². The topological polar surface area (TPSA) is 64.8 Å². The maximum atomic E-state index is 12.5. The molecule has 1 unspecified atom stereocenters. The van der Waals surface area contributed by atoms with Gasteiger partial charge in [-0.2, -0.15) is 0 Å². The fraction of sp³-hybridized carbons (Fsp3) is 0.562. The molecule has 0 saturated heterocycles. The molecule has 0 aromatic heterocycles. The Morgan fingerprint density at radius 2 is 2.00 bits per heavy atom. The van der Waals surface area contributed by atoms with Crippen LogP contribution in [0.4, 0.5) is 0 Å². The summed E-state index contributed by atoms with van der Waals surface area (Å²) in [7, 11) is 1.79. The average molecular weight is 290 g/mol. The fourth-order valence-corrected chi connectivity index (χ4v) is 3.14. The maximum absolute atomic E-state index is 12.5. The first-order chi connectivity index (χ1) is 10.1. The summed E-state index contributed by atoms with van der Waals surface area (Å²) in [5.74, 6) is 1.51. The lowest BCUT2D eigenvalue weighted by atomic mass is 9.97.